The van der Waals surface area contributed by atoms with Crippen molar-refractivity contribution < 1.29 is 14.6 Å². The van der Waals surface area contributed by atoms with Gasteiger partial charge >= 0.3 is 0 Å². The molecule has 2 heterocycles. The van der Waals surface area contributed by atoms with E-state index in [1.54, 1.807) is 7.11 Å². The Balaban J connectivity index is 1.55. The predicted molar refractivity (Wildman–Crippen MR) is 103 cm³/mol. The van der Waals surface area contributed by atoms with E-state index in [2.05, 4.69) is 4.90 Å². The molecule has 0 amide bonds. The van der Waals surface area contributed by atoms with E-state index in [4.69, 9.17) is 26.1 Å². The number of nitrogens with zero attached hydrogens (tertiary/aromatic N) is 2. The standard InChI is InChI=1S/C20H25ClN2O3/c1-25-18-9-15-17(22-16-6-4-5-14(16)20(15)21)10-19(18)26-12-13(24)11-23-7-2-3-8-23/h9-10,13,24H,2-8,11-12H2,1H3. The second kappa shape index (κ2) is 7.59. The number of pyridine rings is 1. The minimum atomic E-state index is -0.523. The van der Waals surface area contributed by atoms with Crippen molar-refractivity contribution in [3.63, 3.8) is 0 Å². The number of aliphatic hydroxyl groups is 1. The summed E-state index contributed by atoms with van der Waals surface area (Å²) in [5.41, 5.74) is 3.07. The number of likely N-dealkylation sites (tertiary alicyclic amines) is 1. The molecule has 1 N–H and O–H groups in total. The number of halogens is 1. The van der Waals surface area contributed by atoms with Gasteiger partial charge in [0, 0.05) is 23.7 Å². The van der Waals surface area contributed by atoms with Crippen molar-refractivity contribution in [2.45, 2.75) is 38.2 Å². The Kier molecular flexibility index (Phi) is 5.20. The average Bonchev–Trinajstić information content (AvgIpc) is 3.31. The molecule has 1 aromatic heterocycles. The van der Waals surface area contributed by atoms with Crippen molar-refractivity contribution in [3.05, 3.63) is 28.4 Å². The van der Waals surface area contributed by atoms with Gasteiger partial charge in [-0.2, -0.15) is 0 Å². The van der Waals surface area contributed by atoms with E-state index >= 15 is 0 Å². The minimum Gasteiger partial charge on any atom is -0.493 e. The van der Waals surface area contributed by atoms with Gasteiger partial charge in [0.1, 0.15) is 12.7 Å². The van der Waals surface area contributed by atoms with Crippen molar-refractivity contribution >= 4 is 22.5 Å². The molecule has 140 valence electrons. The van der Waals surface area contributed by atoms with Crippen LogP contribution in [-0.4, -0.2) is 54.4 Å². The van der Waals surface area contributed by atoms with E-state index in [1.165, 1.54) is 12.8 Å². The number of aliphatic hydroxyl groups excluding tert-OH is 1. The van der Waals surface area contributed by atoms with Crippen LogP contribution in [0.25, 0.3) is 10.9 Å². The van der Waals surface area contributed by atoms with E-state index in [-0.39, 0.29) is 6.61 Å². The van der Waals surface area contributed by atoms with Crippen LogP contribution < -0.4 is 9.47 Å². The summed E-state index contributed by atoms with van der Waals surface area (Å²) in [6, 6.07) is 3.77. The van der Waals surface area contributed by atoms with Crippen LogP contribution in [-0.2, 0) is 12.8 Å². The van der Waals surface area contributed by atoms with Crippen LogP contribution in [0.5, 0.6) is 11.5 Å². The van der Waals surface area contributed by atoms with Crippen molar-refractivity contribution in [1.29, 1.82) is 0 Å². The predicted octanol–water partition coefficient (Wildman–Crippen LogP) is 3.22. The summed E-state index contributed by atoms with van der Waals surface area (Å²) < 4.78 is 11.4. The first kappa shape index (κ1) is 17.8. The molecule has 1 aromatic carbocycles. The Morgan fingerprint density at radius 3 is 2.77 bits per heavy atom. The molecule has 2 aliphatic rings. The van der Waals surface area contributed by atoms with Crippen LogP contribution in [0.1, 0.15) is 30.5 Å². The molecule has 4 rings (SSSR count). The van der Waals surface area contributed by atoms with Gasteiger partial charge < -0.3 is 19.5 Å². The lowest BCUT2D eigenvalue weighted by Crippen LogP contribution is -2.33. The molecule has 1 saturated heterocycles. The van der Waals surface area contributed by atoms with Gasteiger partial charge in [-0.05, 0) is 56.8 Å². The number of β-amino-alcohol motifs (C(OH)–C–C–N with tert-alkyl or cyclic N) is 1. The van der Waals surface area contributed by atoms with Crippen molar-refractivity contribution in [2.75, 3.05) is 33.4 Å². The maximum absolute atomic E-state index is 10.3. The SMILES string of the molecule is COc1cc2c(Cl)c3c(nc2cc1OCC(O)CN1CCCC1)CCC3. The lowest BCUT2D eigenvalue weighted by molar-refractivity contribution is 0.0747. The summed E-state index contributed by atoms with van der Waals surface area (Å²) in [5, 5.41) is 12.0. The lowest BCUT2D eigenvalue weighted by Gasteiger charge is -2.20. The van der Waals surface area contributed by atoms with Gasteiger partial charge in [-0.1, -0.05) is 11.6 Å². The zero-order chi connectivity index (χ0) is 18.1. The fraction of sp³-hybridized carbons (Fsp3) is 0.550. The first-order chi connectivity index (χ1) is 12.7. The highest BCUT2D eigenvalue weighted by Gasteiger charge is 2.21. The van der Waals surface area contributed by atoms with E-state index in [0.29, 0.717) is 18.0 Å². The van der Waals surface area contributed by atoms with E-state index in [0.717, 1.165) is 59.5 Å². The minimum absolute atomic E-state index is 0.233. The number of ether oxygens (including phenoxy) is 2. The normalized spacial score (nSPS) is 18.3. The molecular formula is C20H25ClN2O3. The summed E-state index contributed by atoms with van der Waals surface area (Å²) in [7, 11) is 1.61. The molecule has 1 fully saturated rings. The summed E-state index contributed by atoms with van der Waals surface area (Å²) in [6.45, 7) is 3.00. The highest BCUT2D eigenvalue weighted by atomic mass is 35.5. The van der Waals surface area contributed by atoms with Crippen LogP contribution in [0, 0.1) is 0 Å². The van der Waals surface area contributed by atoms with Gasteiger partial charge in [0.05, 0.1) is 17.6 Å². The number of methoxy groups -OCH3 is 1. The fourth-order valence-corrected chi connectivity index (χ4v) is 4.34. The molecule has 0 spiro atoms. The third-order valence-corrected chi connectivity index (χ3v) is 5.76. The van der Waals surface area contributed by atoms with Crippen LogP contribution in [0.3, 0.4) is 0 Å². The molecule has 1 aliphatic carbocycles. The molecular weight excluding hydrogens is 352 g/mol. The largest absolute Gasteiger partial charge is 0.493 e. The zero-order valence-electron chi connectivity index (χ0n) is 15.1. The van der Waals surface area contributed by atoms with Gasteiger partial charge in [-0.3, -0.25) is 4.98 Å². The van der Waals surface area contributed by atoms with Crippen molar-refractivity contribution in [2.24, 2.45) is 0 Å². The van der Waals surface area contributed by atoms with Crippen LogP contribution in [0.15, 0.2) is 12.1 Å². The second-order valence-corrected chi connectivity index (χ2v) is 7.58. The number of aryl methyl sites for hydroxylation is 1. The molecule has 2 aromatic rings. The first-order valence-corrected chi connectivity index (χ1v) is 9.75. The quantitative estimate of drug-likeness (QED) is 0.838. The van der Waals surface area contributed by atoms with Crippen molar-refractivity contribution in [1.82, 2.24) is 9.88 Å². The summed E-state index contributed by atoms with van der Waals surface area (Å²) >= 11 is 6.61. The molecule has 5 nitrogen and oxygen atoms in total. The Bertz CT molecular complexity index is 805. The van der Waals surface area contributed by atoms with E-state index in [1.807, 2.05) is 12.1 Å². The first-order valence-electron chi connectivity index (χ1n) is 9.38. The Labute approximate surface area is 158 Å². The number of fused-ring (bicyclic) bond motifs is 2. The molecule has 0 saturated carbocycles. The van der Waals surface area contributed by atoms with E-state index < -0.39 is 6.10 Å². The van der Waals surface area contributed by atoms with Gasteiger partial charge in [-0.15, -0.1) is 0 Å². The zero-order valence-corrected chi connectivity index (χ0v) is 15.9. The van der Waals surface area contributed by atoms with E-state index in [9.17, 15) is 5.11 Å². The van der Waals surface area contributed by atoms with Gasteiger partial charge in [0.2, 0.25) is 0 Å². The van der Waals surface area contributed by atoms with Gasteiger partial charge in [0.15, 0.2) is 11.5 Å². The maximum atomic E-state index is 10.3. The monoisotopic (exact) mass is 376 g/mol. The van der Waals surface area contributed by atoms with Crippen LogP contribution in [0.2, 0.25) is 5.02 Å². The number of benzene rings is 1. The van der Waals surface area contributed by atoms with Crippen LogP contribution in [0.4, 0.5) is 0 Å². The maximum Gasteiger partial charge on any atom is 0.163 e. The Morgan fingerprint density at radius 1 is 1.19 bits per heavy atom. The number of hydrogen-bond acceptors (Lipinski definition) is 5. The molecule has 1 unspecified atom stereocenters. The van der Waals surface area contributed by atoms with Crippen molar-refractivity contribution in [3.8, 4) is 11.5 Å². The third-order valence-electron chi connectivity index (χ3n) is 5.33. The summed E-state index contributed by atoms with van der Waals surface area (Å²) in [5.74, 6) is 1.22. The highest BCUT2D eigenvalue weighted by Crippen LogP contribution is 2.39. The fourth-order valence-electron chi connectivity index (χ4n) is 3.99. The Morgan fingerprint density at radius 2 is 2.00 bits per heavy atom. The topological polar surface area (TPSA) is 54.8 Å². The lowest BCUT2D eigenvalue weighted by atomic mass is 10.1. The van der Waals surface area contributed by atoms with Gasteiger partial charge in [0.25, 0.3) is 0 Å². The Hall–Kier alpha value is -1.56. The number of rotatable bonds is 6. The number of hydrogen-bond donors (Lipinski definition) is 1. The highest BCUT2D eigenvalue weighted by molar-refractivity contribution is 6.36. The average molecular weight is 377 g/mol. The number of aromatic nitrogens is 1. The van der Waals surface area contributed by atoms with Gasteiger partial charge in [-0.25, -0.2) is 0 Å². The molecule has 1 aliphatic heterocycles. The molecule has 0 radical (unpaired) electrons. The molecule has 6 heteroatoms. The molecule has 1 atom stereocenters. The van der Waals surface area contributed by atoms with Crippen LogP contribution >= 0.6 is 11.6 Å². The molecule has 0 bridgehead atoms. The summed E-state index contributed by atoms with van der Waals surface area (Å²) in [4.78, 5) is 7.05. The molecule has 26 heavy (non-hydrogen) atoms. The smallest absolute Gasteiger partial charge is 0.163 e. The third kappa shape index (κ3) is 3.48. The second-order valence-electron chi connectivity index (χ2n) is 7.20. The summed E-state index contributed by atoms with van der Waals surface area (Å²) in [6.07, 6.45) is 4.96.